The van der Waals surface area contributed by atoms with Crippen LogP contribution in [0.2, 0.25) is 0 Å². The molecule has 1 fully saturated rings. The molecule has 0 aromatic heterocycles. The van der Waals surface area contributed by atoms with Crippen LogP contribution >= 0.6 is 0 Å². The van der Waals surface area contributed by atoms with E-state index in [-0.39, 0.29) is 5.91 Å². The summed E-state index contributed by atoms with van der Waals surface area (Å²) < 4.78 is 27.3. The number of nitrogens with zero attached hydrogens (tertiary/aromatic N) is 1. The molecule has 8 heteroatoms. The Labute approximate surface area is 174 Å². The van der Waals surface area contributed by atoms with Crippen LogP contribution < -0.4 is 16.0 Å². The molecule has 0 aliphatic carbocycles. The van der Waals surface area contributed by atoms with Crippen LogP contribution in [0.3, 0.4) is 0 Å². The number of likely N-dealkylation sites (N-methyl/N-ethyl adjacent to an activating group) is 1. The number of piperidine rings is 1. The van der Waals surface area contributed by atoms with Crippen LogP contribution in [0, 0.1) is 11.6 Å². The van der Waals surface area contributed by atoms with Crippen molar-refractivity contribution in [2.24, 2.45) is 0 Å². The van der Waals surface area contributed by atoms with Gasteiger partial charge in [0.2, 0.25) is 5.91 Å². The molecule has 0 bridgehead atoms. The minimum atomic E-state index is -0.560. The zero-order valence-corrected chi connectivity index (χ0v) is 17.1. The quantitative estimate of drug-likeness (QED) is 0.695. The lowest BCUT2D eigenvalue weighted by molar-refractivity contribution is -0.134. The maximum Gasteiger partial charge on any atom is 0.323 e. The number of amides is 3. The van der Waals surface area contributed by atoms with Crippen molar-refractivity contribution >= 4 is 23.3 Å². The van der Waals surface area contributed by atoms with Crippen LogP contribution in [0.1, 0.15) is 25.3 Å². The molecule has 0 spiro atoms. The van der Waals surface area contributed by atoms with Crippen LogP contribution in [0.5, 0.6) is 0 Å². The maximum atomic E-state index is 14.3. The van der Waals surface area contributed by atoms with Gasteiger partial charge < -0.3 is 20.9 Å². The Bertz CT molecular complexity index is 912. The van der Waals surface area contributed by atoms with E-state index in [0.717, 1.165) is 25.9 Å². The van der Waals surface area contributed by atoms with Gasteiger partial charge in [-0.15, -0.1) is 0 Å². The minimum absolute atomic E-state index is 0.0367. The zero-order chi connectivity index (χ0) is 21.7. The van der Waals surface area contributed by atoms with Crippen LogP contribution in [0.15, 0.2) is 42.5 Å². The summed E-state index contributed by atoms with van der Waals surface area (Å²) in [5.74, 6) is -0.914. The number of nitrogens with one attached hydrogen (secondary N) is 3. The van der Waals surface area contributed by atoms with E-state index in [9.17, 15) is 18.4 Å². The van der Waals surface area contributed by atoms with E-state index in [1.165, 1.54) is 43.3 Å². The van der Waals surface area contributed by atoms with Crippen molar-refractivity contribution in [3.8, 4) is 0 Å². The van der Waals surface area contributed by atoms with Crippen molar-refractivity contribution < 1.29 is 18.4 Å². The number of carbonyl (C=O) groups is 2. The first-order valence-corrected chi connectivity index (χ1v) is 9.86. The molecule has 3 rings (SSSR count). The van der Waals surface area contributed by atoms with Gasteiger partial charge in [-0.1, -0.05) is 0 Å². The van der Waals surface area contributed by atoms with E-state index < -0.39 is 23.2 Å². The molecule has 6 nitrogen and oxygen atoms in total. The summed E-state index contributed by atoms with van der Waals surface area (Å²) in [6.07, 6.45) is 2.00. The molecule has 160 valence electrons. The van der Waals surface area contributed by atoms with E-state index in [4.69, 9.17) is 0 Å². The van der Waals surface area contributed by atoms with Crippen LogP contribution in [-0.2, 0) is 11.2 Å². The monoisotopic (exact) mass is 416 g/mol. The lowest BCUT2D eigenvalue weighted by Gasteiger charge is -2.45. The molecule has 2 aromatic carbocycles. The SMILES string of the molecule is CC(=O)N(C)C1(Cc2cc(F)cc(NC(=O)Nc3ccc(F)cc3)c2)CCNCC1. The summed E-state index contributed by atoms with van der Waals surface area (Å²) >= 11 is 0. The molecule has 2 aromatic rings. The fraction of sp³-hybridized carbons (Fsp3) is 0.364. The second-order valence-electron chi connectivity index (χ2n) is 7.66. The average Bonchev–Trinajstić information content (AvgIpc) is 2.69. The predicted octanol–water partition coefficient (Wildman–Crippen LogP) is 3.75. The first kappa shape index (κ1) is 21.7. The normalized spacial score (nSPS) is 15.3. The van der Waals surface area contributed by atoms with Crippen LogP contribution in [0.25, 0.3) is 0 Å². The maximum absolute atomic E-state index is 14.3. The summed E-state index contributed by atoms with van der Waals surface area (Å²) in [5.41, 5.74) is 1.02. The molecule has 0 saturated carbocycles. The molecular weight excluding hydrogens is 390 g/mol. The van der Waals surface area contributed by atoms with Gasteiger partial charge in [0.15, 0.2) is 0 Å². The molecule has 3 N–H and O–H groups in total. The minimum Gasteiger partial charge on any atom is -0.340 e. The average molecular weight is 416 g/mol. The third-order valence-electron chi connectivity index (χ3n) is 5.57. The first-order valence-electron chi connectivity index (χ1n) is 9.86. The van der Waals surface area contributed by atoms with E-state index in [2.05, 4.69) is 16.0 Å². The number of benzene rings is 2. The fourth-order valence-corrected chi connectivity index (χ4v) is 3.89. The van der Waals surface area contributed by atoms with Crippen LogP contribution in [-0.4, -0.2) is 42.5 Å². The Morgan fingerprint density at radius 2 is 1.63 bits per heavy atom. The fourth-order valence-electron chi connectivity index (χ4n) is 3.89. The molecule has 1 aliphatic heterocycles. The van der Waals surface area contributed by atoms with E-state index >= 15 is 0 Å². The number of carbonyl (C=O) groups excluding carboxylic acids is 2. The second kappa shape index (κ2) is 9.21. The summed E-state index contributed by atoms with van der Waals surface area (Å²) in [5, 5.41) is 8.48. The van der Waals surface area contributed by atoms with Gasteiger partial charge in [-0.2, -0.15) is 0 Å². The van der Waals surface area contributed by atoms with Gasteiger partial charge in [0, 0.05) is 30.9 Å². The largest absolute Gasteiger partial charge is 0.340 e. The van der Waals surface area contributed by atoms with Gasteiger partial charge >= 0.3 is 6.03 Å². The molecule has 1 saturated heterocycles. The van der Waals surface area contributed by atoms with Crippen molar-refractivity contribution in [2.75, 3.05) is 30.8 Å². The Morgan fingerprint density at radius 3 is 2.27 bits per heavy atom. The summed E-state index contributed by atoms with van der Waals surface area (Å²) in [7, 11) is 1.78. The highest BCUT2D eigenvalue weighted by molar-refractivity contribution is 5.99. The third kappa shape index (κ3) is 5.33. The number of urea groups is 1. The highest BCUT2D eigenvalue weighted by atomic mass is 19.1. The Morgan fingerprint density at radius 1 is 1.00 bits per heavy atom. The zero-order valence-electron chi connectivity index (χ0n) is 17.1. The van der Waals surface area contributed by atoms with Gasteiger partial charge in [0.1, 0.15) is 11.6 Å². The van der Waals surface area contributed by atoms with Gasteiger partial charge in [-0.3, -0.25) is 4.79 Å². The van der Waals surface area contributed by atoms with Crippen molar-refractivity contribution in [1.82, 2.24) is 10.2 Å². The molecule has 1 heterocycles. The predicted molar refractivity (Wildman–Crippen MR) is 112 cm³/mol. The summed E-state index contributed by atoms with van der Waals surface area (Å²) in [4.78, 5) is 26.0. The first-order chi connectivity index (χ1) is 14.3. The van der Waals surface area contributed by atoms with Gasteiger partial charge in [-0.25, -0.2) is 13.6 Å². The van der Waals surface area contributed by atoms with E-state index in [0.29, 0.717) is 23.4 Å². The Balaban J connectivity index is 1.76. The summed E-state index contributed by atoms with van der Waals surface area (Å²) in [6, 6.07) is 9.16. The smallest absolute Gasteiger partial charge is 0.323 e. The molecule has 0 unspecified atom stereocenters. The van der Waals surface area contributed by atoms with Gasteiger partial charge in [-0.05, 0) is 80.4 Å². The standard InChI is InChI=1S/C22H26F2N4O2/c1-15(29)28(2)22(7-9-25-10-8-22)14-16-11-18(24)13-20(12-16)27-21(30)26-19-5-3-17(23)4-6-19/h3-6,11-13,25H,7-10,14H2,1-2H3,(H2,26,27,30). The van der Waals surface area contributed by atoms with Crippen molar-refractivity contribution in [1.29, 1.82) is 0 Å². The van der Waals surface area contributed by atoms with Crippen LogP contribution in [0.4, 0.5) is 25.0 Å². The van der Waals surface area contributed by atoms with Gasteiger partial charge in [0.25, 0.3) is 0 Å². The van der Waals surface area contributed by atoms with Crippen molar-refractivity contribution in [2.45, 2.75) is 31.7 Å². The topological polar surface area (TPSA) is 73.5 Å². The lowest BCUT2D eigenvalue weighted by atomic mass is 9.81. The third-order valence-corrected chi connectivity index (χ3v) is 5.57. The molecule has 0 radical (unpaired) electrons. The lowest BCUT2D eigenvalue weighted by Crippen LogP contribution is -2.56. The molecular formula is C22H26F2N4O2. The highest BCUT2D eigenvalue weighted by Crippen LogP contribution is 2.31. The van der Waals surface area contributed by atoms with Crippen molar-refractivity contribution in [3.05, 3.63) is 59.7 Å². The number of halogens is 2. The molecule has 0 atom stereocenters. The molecule has 30 heavy (non-hydrogen) atoms. The van der Waals surface area contributed by atoms with E-state index in [1.54, 1.807) is 18.0 Å². The Hall–Kier alpha value is -3.00. The summed E-state index contributed by atoms with van der Waals surface area (Å²) in [6.45, 7) is 3.08. The second-order valence-corrected chi connectivity index (χ2v) is 7.66. The number of hydrogen-bond acceptors (Lipinski definition) is 3. The number of rotatable bonds is 5. The highest BCUT2D eigenvalue weighted by Gasteiger charge is 2.37. The number of anilines is 2. The van der Waals surface area contributed by atoms with Gasteiger partial charge in [0.05, 0.1) is 0 Å². The van der Waals surface area contributed by atoms with Crippen molar-refractivity contribution in [3.63, 3.8) is 0 Å². The molecule has 1 aliphatic rings. The Kier molecular flexibility index (Phi) is 6.66. The molecule has 3 amide bonds. The van der Waals surface area contributed by atoms with E-state index in [1.807, 2.05) is 0 Å². The number of hydrogen-bond donors (Lipinski definition) is 3.